The Morgan fingerprint density at radius 1 is 1.18 bits per heavy atom. The number of ether oxygens (including phenoxy) is 2. The van der Waals surface area contributed by atoms with Crippen molar-refractivity contribution < 1.29 is 19.1 Å². The summed E-state index contributed by atoms with van der Waals surface area (Å²) >= 11 is 1.34. The van der Waals surface area contributed by atoms with Crippen molar-refractivity contribution in [3.8, 4) is 0 Å². The second-order valence-electron chi connectivity index (χ2n) is 5.96. The van der Waals surface area contributed by atoms with Gasteiger partial charge in [-0.25, -0.2) is 14.6 Å². The van der Waals surface area contributed by atoms with Crippen molar-refractivity contribution in [1.82, 2.24) is 15.2 Å². The molecule has 0 radical (unpaired) electrons. The fourth-order valence-corrected chi connectivity index (χ4v) is 3.26. The van der Waals surface area contributed by atoms with Gasteiger partial charge >= 0.3 is 12.0 Å². The fraction of sp³-hybridized carbons (Fsp3) is 0.450. The number of urea groups is 1. The molecule has 0 saturated heterocycles. The lowest BCUT2D eigenvalue weighted by atomic mass is 10.2. The van der Waals surface area contributed by atoms with Gasteiger partial charge in [-0.15, -0.1) is 11.3 Å². The van der Waals surface area contributed by atoms with E-state index < -0.39 is 5.97 Å². The van der Waals surface area contributed by atoms with Crippen LogP contribution in [0.25, 0.3) is 0 Å². The summed E-state index contributed by atoms with van der Waals surface area (Å²) in [5.74, 6) is -0.443. The summed E-state index contributed by atoms with van der Waals surface area (Å²) in [5.41, 5.74) is 1.31. The molecule has 1 N–H and O–H groups in total. The van der Waals surface area contributed by atoms with Crippen molar-refractivity contribution >= 4 is 23.3 Å². The molecule has 0 atom stereocenters. The van der Waals surface area contributed by atoms with Crippen LogP contribution in [0.3, 0.4) is 0 Å². The number of rotatable bonds is 11. The van der Waals surface area contributed by atoms with Crippen LogP contribution in [0.1, 0.15) is 41.3 Å². The first kappa shape index (κ1) is 21.8. The summed E-state index contributed by atoms with van der Waals surface area (Å²) in [6.45, 7) is 6.55. The molecule has 2 rings (SSSR count). The molecule has 2 amide bonds. The third kappa shape index (κ3) is 7.28. The molecule has 152 valence electrons. The second-order valence-corrected chi connectivity index (χ2v) is 6.91. The third-order valence-corrected chi connectivity index (χ3v) is 4.69. The molecule has 1 aromatic carbocycles. The van der Waals surface area contributed by atoms with E-state index in [0.717, 1.165) is 12.0 Å². The van der Waals surface area contributed by atoms with Crippen LogP contribution in [0.2, 0.25) is 0 Å². The molecule has 7 nitrogen and oxygen atoms in total. The zero-order chi connectivity index (χ0) is 20.2. The third-order valence-electron chi connectivity index (χ3n) is 3.86. The van der Waals surface area contributed by atoms with Gasteiger partial charge in [-0.1, -0.05) is 30.3 Å². The Morgan fingerprint density at radius 3 is 2.68 bits per heavy atom. The Hall–Kier alpha value is -2.45. The molecule has 8 heteroatoms. The molecule has 1 aromatic heterocycles. The second kappa shape index (κ2) is 12.1. The van der Waals surface area contributed by atoms with E-state index in [1.54, 1.807) is 17.2 Å². The van der Waals surface area contributed by atoms with Gasteiger partial charge in [0.15, 0.2) is 5.69 Å². The molecule has 0 saturated carbocycles. The molecule has 0 unspecified atom stereocenters. The first-order valence-electron chi connectivity index (χ1n) is 9.40. The molecule has 0 spiro atoms. The summed E-state index contributed by atoms with van der Waals surface area (Å²) in [7, 11) is 0. The normalized spacial score (nSPS) is 10.5. The Morgan fingerprint density at radius 2 is 1.96 bits per heavy atom. The lowest BCUT2D eigenvalue weighted by Gasteiger charge is -2.22. The standard InChI is InChI=1S/C20H27N3O4S/c1-3-26-12-8-11-23(20(25)21-13-16-9-6-5-7-10-16)14-18-22-17(15-28-18)19(24)27-4-2/h5-7,9-10,15H,3-4,8,11-14H2,1-2H3,(H,21,25). The molecular formula is C20H27N3O4S. The van der Waals surface area contributed by atoms with Crippen LogP contribution in [-0.4, -0.2) is 48.2 Å². The lowest BCUT2D eigenvalue weighted by molar-refractivity contribution is 0.0520. The lowest BCUT2D eigenvalue weighted by Crippen LogP contribution is -2.40. The predicted molar refractivity (Wildman–Crippen MR) is 108 cm³/mol. The van der Waals surface area contributed by atoms with Crippen molar-refractivity contribution in [2.75, 3.05) is 26.4 Å². The van der Waals surface area contributed by atoms with Gasteiger partial charge < -0.3 is 19.7 Å². The number of benzene rings is 1. The van der Waals surface area contributed by atoms with Gasteiger partial charge in [0.1, 0.15) is 5.01 Å². The monoisotopic (exact) mass is 405 g/mol. The summed E-state index contributed by atoms with van der Waals surface area (Å²) < 4.78 is 10.3. The van der Waals surface area contributed by atoms with Crippen LogP contribution in [0.5, 0.6) is 0 Å². The first-order valence-corrected chi connectivity index (χ1v) is 10.3. The van der Waals surface area contributed by atoms with Gasteiger partial charge in [-0.05, 0) is 25.8 Å². The van der Waals surface area contributed by atoms with Crippen LogP contribution in [-0.2, 0) is 22.6 Å². The number of carbonyl (C=O) groups is 2. The van der Waals surface area contributed by atoms with Crippen molar-refractivity contribution in [1.29, 1.82) is 0 Å². The maximum Gasteiger partial charge on any atom is 0.357 e. The summed E-state index contributed by atoms with van der Waals surface area (Å²) in [6.07, 6.45) is 0.725. The van der Waals surface area contributed by atoms with E-state index >= 15 is 0 Å². The van der Waals surface area contributed by atoms with Crippen molar-refractivity contribution in [2.24, 2.45) is 0 Å². The van der Waals surface area contributed by atoms with E-state index in [1.807, 2.05) is 37.3 Å². The quantitative estimate of drug-likeness (QED) is 0.457. The summed E-state index contributed by atoms with van der Waals surface area (Å²) in [4.78, 5) is 30.5. The Kier molecular flexibility index (Phi) is 9.44. The Labute approximate surface area is 169 Å². The van der Waals surface area contributed by atoms with Gasteiger partial charge in [0, 0.05) is 31.7 Å². The van der Waals surface area contributed by atoms with Gasteiger partial charge in [-0.3, -0.25) is 0 Å². The molecule has 0 aliphatic rings. The van der Waals surface area contributed by atoms with Gasteiger partial charge in [-0.2, -0.15) is 0 Å². The molecule has 0 aliphatic heterocycles. The van der Waals surface area contributed by atoms with Gasteiger partial charge in [0.2, 0.25) is 0 Å². The maximum absolute atomic E-state index is 12.7. The van der Waals surface area contributed by atoms with Crippen molar-refractivity contribution in [2.45, 2.75) is 33.4 Å². The molecule has 0 fully saturated rings. The number of amides is 2. The minimum absolute atomic E-state index is 0.173. The number of carbonyl (C=O) groups excluding carboxylic acids is 2. The smallest absolute Gasteiger partial charge is 0.357 e. The maximum atomic E-state index is 12.7. The highest BCUT2D eigenvalue weighted by molar-refractivity contribution is 7.09. The van der Waals surface area contributed by atoms with E-state index in [4.69, 9.17) is 9.47 Å². The van der Waals surface area contributed by atoms with Crippen LogP contribution in [0.4, 0.5) is 4.79 Å². The van der Waals surface area contributed by atoms with Crippen molar-refractivity contribution in [3.05, 3.63) is 52.0 Å². The average molecular weight is 406 g/mol. The number of esters is 1. The number of hydrogen-bond donors (Lipinski definition) is 1. The van der Waals surface area contributed by atoms with E-state index in [9.17, 15) is 9.59 Å². The highest BCUT2D eigenvalue weighted by atomic mass is 32.1. The molecule has 2 aromatic rings. The predicted octanol–water partition coefficient (Wildman–Crippen LogP) is 3.46. The van der Waals surface area contributed by atoms with E-state index in [2.05, 4.69) is 10.3 Å². The van der Waals surface area contributed by atoms with Crippen LogP contribution < -0.4 is 5.32 Å². The minimum Gasteiger partial charge on any atom is -0.461 e. The molecule has 0 bridgehead atoms. The summed E-state index contributed by atoms with van der Waals surface area (Å²) in [5, 5.41) is 5.29. The number of nitrogens with one attached hydrogen (secondary N) is 1. The first-order chi connectivity index (χ1) is 13.6. The SMILES string of the molecule is CCOCCCN(Cc1nc(C(=O)OCC)cs1)C(=O)NCc1ccccc1. The highest BCUT2D eigenvalue weighted by Gasteiger charge is 2.17. The highest BCUT2D eigenvalue weighted by Crippen LogP contribution is 2.14. The van der Waals surface area contributed by atoms with Crippen LogP contribution in [0.15, 0.2) is 35.7 Å². The fourth-order valence-electron chi connectivity index (χ4n) is 2.49. The van der Waals surface area contributed by atoms with E-state index in [-0.39, 0.29) is 11.7 Å². The molecular weight excluding hydrogens is 378 g/mol. The largest absolute Gasteiger partial charge is 0.461 e. The van der Waals surface area contributed by atoms with E-state index in [1.165, 1.54) is 11.3 Å². The Bertz CT molecular complexity index is 736. The molecule has 0 aliphatic carbocycles. The topological polar surface area (TPSA) is 80.8 Å². The van der Waals surface area contributed by atoms with Crippen molar-refractivity contribution in [3.63, 3.8) is 0 Å². The number of hydrogen-bond acceptors (Lipinski definition) is 6. The number of thiazole rings is 1. The average Bonchev–Trinajstić information content (AvgIpc) is 3.18. The zero-order valence-corrected chi connectivity index (χ0v) is 17.2. The minimum atomic E-state index is -0.443. The van der Waals surface area contributed by atoms with E-state index in [0.29, 0.717) is 44.5 Å². The van der Waals surface area contributed by atoms with Gasteiger partial charge in [0.05, 0.1) is 13.2 Å². The van der Waals surface area contributed by atoms with Gasteiger partial charge in [0.25, 0.3) is 0 Å². The number of nitrogens with zero attached hydrogens (tertiary/aromatic N) is 2. The van der Waals surface area contributed by atoms with Crippen LogP contribution in [0, 0.1) is 0 Å². The van der Waals surface area contributed by atoms with Crippen LogP contribution >= 0.6 is 11.3 Å². The summed E-state index contributed by atoms with van der Waals surface area (Å²) in [6, 6.07) is 9.57. The zero-order valence-electron chi connectivity index (χ0n) is 16.3. The molecule has 28 heavy (non-hydrogen) atoms. The molecule has 1 heterocycles. The number of aromatic nitrogens is 1. The Balaban J connectivity index is 1.97.